The number of sulfone groups is 1. The Bertz CT molecular complexity index is 627. The molecule has 0 bridgehead atoms. The monoisotopic (exact) mass is 286 g/mol. The van der Waals surface area contributed by atoms with E-state index in [2.05, 4.69) is 10.1 Å². The SMILES string of the molecule is NS(=O)(=O)CCS(=O)(=O)c1ncc(F)cc1F. The Morgan fingerprint density at radius 3 is 2.24 bits per heavy atom. The van der Waals surface area contributed by atoms with Crippen molar-refractivity contribution >= 4 is 19.9 Å². The fourth-order valence-corrected chi connectivity index (χ4v) is 3.52. The topological polar surface area (TPSA) is 107 Å². The number of hydrogen-bond donors (Lipinski definition) is 1. The van der Waals surface area contributed by atoms with Crippen molar-refractivity contribution in [2.24, 2.45) is 5.14 Å². The number of nitrogens with two attached hydrogens (primary N) is 1. The quantitative estimate of drug-likeness (QED) is 0.797. The van der Waals surface area contributed by atoms with Crippen molar-refractivity contribution in [1.82, 2.24) is 4.98 Å². The predicted molar refractivity (Wildman–Crippen MR) is 54.2 cm³/mol. The van der Waals surface area contributed by atoms with Crippen molar-refractivity contribution < 1.29 is 25.6 Å². The summed E-state index contributed by atoms with van der Waals surface area (Å²) in [6.07, 6.45) is 0.521. The number of primary sulfonamides is 1. The van der Waals surface area contributed by atoms with E-state index in [4.69, 9.17) is 0 Å². The first-order chi connectivity index (χ1) is 7.62. The van der Waals surface area contributed by atoms with E-state index in [0.29, 0.717) is 12.3 Å². The predicted octanol–water partition coefficient (Wildman–Crippen LogP) is -0.578. The lowest BCUT2D eigenvalue weighted by molar-refractivity contribution is 0.530. The van der Waals surface area contributed by atoms with Crippen LogP contribution in [-0.4, -0.2) is 33.3 Å². The van der Waals surface area contributed by atoms with E-state index < -0.39 is 48.0 Å². The molecule has 0 saturated carbocycles. The molecule has 0 saturated heterocycles. The summed E-state index contributed by atoms with van der Waals surface area (Å²) < 4.78 is 69.7. The van der Waals surface area contributed by atoms with Gasteiger partial charge >= 0.3 is 0 Å². The summed E-state index contributed by atoms with van der Waals surface area (Å²) in [6, 6.07) is 0.344. The number of halogens is 2. The highest BCUT2D eigenvalue weighted by Gasteiger charge is 2.23. The van der Waals surface area contributed by atoms with E-state index in [1.807, 2.05) is 0 Å². The summed E-state index contributed by atoms with van der Waals surface area (Å²) in [5.74, 6) is -4.19. The third-order valence-corrected chi connectivity index (χ3v) is 4.37. The van der Waals surface area contributed by atoms with Crippen LogP contribution in [0.1, 0.15) is 0 Å². The van der Waals surface area contributed by atoms with Crippen LogP contribution in [0, 0.1) is 11.6 Å². The first-order valence-corrected chi connectivity index (χ1v) is 7.53. The lowest BCUT2D eigenvalue weighted by Gasteiger charge is -2.03. The van der Waals surface area contributed by atoms with Gasteiger partial charge in [-0.15, -0.1) is 0 Å². The van der Waals surface area contributed by atoms with Gasteiger partial charge in [0.1, 0.15) is 5.82 Å². The molecule has 0 aliphatic rings. The first-order valence-electron chi connectivity index (χ1n) is 4.16. The zero-order chi connectivity index (χ0) is 13.3. The number of aromatic nitrogens is 1. The van der Waals surface area contributed by atoms with Crippen molar-refractivity contribution in [3.8, 4) is 0 Å². The van der Waals surface area contributed by atoms with Crippen molar-refractivity contribution in [2.45, 2.75) is 5.03 Å². The normalized spacial score (nSPS) is 12.6. The van der Waals surface area contributed by atoms with Gasteiger partial charge in [0.15, 0.2) is 20.7 Å². The maximum atomic E-state index is 13.1. The fourth-order valence-electron chi connectivity index (χ4n) is 0.953. The van der Waals surface area contributed by atoms with E-state index in [9.17, 15) is 25.6 Å². The van der Waals surface area contributed by atoms with E-state index >= 15 is 0 Å². The smallest absolute Gasteiger partial charge is 0.210 e. The molecule has 0 radical (unpaired) electrons. The minimum atomic E-state index is -4.25. The van der Waals surface area contributed by atoms with Crippen LogP contribution in [0.3, 0.4) is 0 Å². The molecule has 0 aliphatic heterocycles. The van der Waals surface area contributed by atoms with Crippen molar-refractivity contribution in [2.75, 3.05) is 11.5 Å². The van der Waals surface area contributed by atoms with Gasteiger partial charge in [0.25, 0.3) is 0 Å². The van der Waals surface area contributed by atoms with Crippen LogP contribution in [0.25, 0.3) is 0 Å². The van der Waals surface area contributed by atoms with Gasteiger partial charge in [0.2, 0.25) is 10.0 Å². The Morgan fingerprint density at radius 2 is 1.76 bits per heavy atom. The molecular weight excluding hydrogens is 278 g/mol. The number of nitrogens with zero attached hydrogens (tertiary/aromatic N) is 1. The average molecular weight is 286 g/mol. The molecule has 0 aliphatic carbocycles. The molecule has 1 heterocycles. The van der Waals surface area contributed by atoms with Crippen LogP contribution in [0.5, 0.6) is 0 Å². The van der Waals surface area contributed by atoms with Gasteiger partial charge in [-0.2, -0.15) is 0 Å². The molecule has 0 atom stereocenters. The van der Waals surface area contributed by atoms with Gasteiger partial charge in [-0.3, -0.25) is 0 Å². The fraction of sp³-hybridized carbons (Fsp3) is 0.286. The standard InChI is InChI=1S/C7H8F2N2O4S2/c8-5-3-6(9)7(11-4-5)16(12,13)1-2-17(10,14)15/h3-4H,1-2H2,(H2,10,14,15). The van der Waals surface area contributed by atoms with Gasteiger partial charge in [-0.25, -0.2) is 35.7 Å². The zero-order valence-electron chi connectivity index (χ0n) is 8.30. The number of sulfonamides is 1. The van der Waals surface area contributed by atoms with E-state index in [1.165, 1.54) is 0 Å². The van der Waals surface area contributed by atoms with E-state index in [-0.39, 0.29) is 0 Å². The third kappa shape index (κ3) is 3.98. The molecule has 10 heteroatoms. The van der Waals surface area contributed by atoms with Gasteiger partial charge in [-0.1, -0.05) is 0 Å². The highest BCUT2D eigenvalue weighted by atomic mass is 32.2. The largest absolute Gasteiger partial charge is 0.239 e. The summed E-state index contributed by atoms with van der Waals surface area (Å²) in [5.41, 5.74) is 0. The van der Waals surface area contributed by atoms with Crippen molar-refractivity contribution in [3.05, 3.63) is 23.9 Å². The number of rotatable bonds is 4. The first kappa shape index (κ1) is 13.9. The van der Waals surface area contributed by atoms with E-state index in [0.717, 1.165) is 0 Å². The maximum absolute atomic E-state index is 13.1. The number of hydrogen-bond acceptors (Lipinski definition) is 5. The Morgan fingerprint density at radius 1 is 1.18 bits per heavy atom. The maximum Gasteiger partial charge on any atom is 0.210 e. The average Bonchev–Trinajstić information content (AvgIpc) is 2.13. The van der Waals surface area contributed by atoms with Gasteiger partial charge < -0.3 is 0 Å². The second-order valence-corrected chi connectivity index (χ2v) is 6.88. The van der Waals surface area contributed by atoms with Crippen molar-refractivity contribution in [1.29, 1.82) is 0 Å². The van der Waals surface area contributed by atoms with Crippen LogP contribution < -0.4 is 5.14 Å². The lowest BCUT2D eigenvalue weighted by atomic mass is 10.5. The molecule has 0 amide bonds. The molecule has 1 aromatic heterocycles. The van der Waals surface area contributed by atoms with Crippen LogP contribution in [-0.2, 0) is 19.9 Å². The lowest BCUT2D eigenvalue weighted by Crippen LogP contribution is -2.24. The van der Waals surface area contributed by atoms with Gasteiger partial charge in [0, 0.05) is 6.07 Å². The summed E-state index contributed by atoms with van der Waals surface area (Å²) in [5, 5.41) is 3.62. The second kappa shape index (κ2) is 4.63. The minimum Gasteiger partial charge on any atom is -0.239 e. The van der Waals surface area contributed by atoms with Crippen LogP contribution >= 0.6 is 0 Å². The Balaban J connectivity index is 3.06. The second-order valence-electron chi connectivity index (χ2n) is 3.13. The summed E-state index contributed by atoms with van der Waals surface area (Å²) in [7, 11) is -8.24. The molecule has 1 rings (SSSR count). The van der Waals surface area contributed by atoms with Gasteiger partial charge in [-0.05, 0) is 0 Å². The molecule has 1 aromatic rings. The third-order valence-electron chi connectivity index (χ3n) is 1.71. The Kier molecular flexibility index (Phi) is 3.79. The molecule has 0 aromatic carbocycles. The number of pyridine rings is 1. The van der Waals surface area contributed by atoms with Crippen molar-refractivity contribution in [3.63, 3.8) is 0 Å². The summed E-state index contributed by atoms with van der Waals surface area (Å²) in [4.78, 5) is 3.08. The summed E-state index contributed by atoms with van der Waals surface area (Å²) >= 11 is 0. The van der Waals surface area contributed by atoms with E-state index in [1.54, 1.807) is 0 Å². The molecule has 96 valence electrons. The molecule has 6 nitrogen and oxygen atoms in total. The molecular formula is C7H8F2N2O4S2. The molecule has 0 fully saturated rings. The highest BCUT2D eigenvalue weighted by molar-refractivity contribution is 7.94. The molecule has 2 N–H and O–H groups in total. The van der Waals surface area contributed by atoms with Gasteiger partial charge in [0.05, 0.1) is 17.7 Å². The molecule has 0 unspecified atom stereocenters. The Hall–Kier alpha value is -1.13. The molecule has 17 heavy (non-hydrogen) atoms. The minimum absolute atomic E-state index is 0.344. The highest BCUT2D eigenvalue weighted by Crippen LogP contribution is 2.13. The molecule has 0 spiro atoms. The Labute approximate surface area is 96.4 Å². The zero-order valence-corrected chi connectivity index (χ0v) is 9.93. The van der Waals surface area contributed by atoms with Crippen LogP contribution in [0.15, 0.2) is 17.3 Å². The van der Waals surface area contributed by atoms with Crippen LogP contribution in [0.4, 0.5) is 8.78 Å². The summed E-state index contributed by atoms with van der Waals surface area (Å²) in [6.45, 7) is 0. The van der Waals surface area contributed by atoms with Crippen LogP contribution in [0.2, 0.25) is 0 Å².